The Bertz CT molecular complexity index is 373. The van der Waals surface area contributed by atoms with Crippen LogP contribution in [0.1, 0.15) is 51.8 Å². The van der Waals surface area contributed by atoms with Crippen molar-refractivity contribution in [3.8, 4) is 0 Å². The Morgan fingerprint density at radius 2 is 1.58 bits per heavy atom. The van der Waals surface area contributed by atoms with Crippen molar-refractivity contribution >= 4 is 0 Å². The van der Waals surface area contributed by atoms with Gasteiger partial charge in [-0.25, -0.2) is 0 Å². The number of hydrogen-bond acceptors (Lipinski definition) is 2. The van der Waals surface area contributed by atoms with Gasteiger partial charge < -0.3 is 10.6 Å². The van der Waals surface area contributed by atoms with E-state index in [1.165, 1.54) is 11.1 Å². The van der Waals surface area contributed by atoms with Crippen LogP contribution in [0.25, 0.3) is 0 Å². The first-order chi connectivity index (χ1) is 8.70. The molecule has 1 unspecified atom stereocenters. The van der Waals surface area contributed by atoms with Gasteiger partial charge in [-0.2, -0.15) is 0 Å². The highest BCUT2D eigenvalue weighted by Gasteiger charge is 2.15. The molecule has 0 fully saturated rings. The molecule has 2 N–H and O–H groups in total. The van der Waals surface area contributed by atoms with Crippen molar-refractivity contribution < 1.29 is 0 Å². The molecule has 0 aliphatic rings. The number of benzene rings is 1. The highest BCUT2D eigenvalue weighted by atomic mass is 15.1. The summed E-state index contributed by atoms with van der Waals surface area (Å²) < 4.78 is 0. The standard InChI is InChI=1S/C17H30N2/c1-13(2)11-19(6)12-16(18)14-7-9-15(10-8-14)17(3,4)5/h7-10,13,16H,11-12,18H2,1-6H3. The molecule has 1 rings (SSSR count). The van der Waals surface area contributed by atoms with E-state index in [1.54, 1.807) is 0 Å². The van der Waals surface area contributed by atoms with Gasteiger partial charge in [0.1, 0.15) is 0 Å². The lowest BCUT2D eigenvalue weighted by atomic mass is 9.86. The molecule has 0 aliphatic carbocycles. The maximum Gasteiger partial charge on any atom is 0.0424 e. The van der Waals surface area contributed by atoms with Crippen LogP contribution < -0.4 is 5.73 Å². The molecule has 0 aliphatic heterocycles. The molecule has 0 bridgehead atoms. The van der Waals surface area contributed by atoms with E-state index < -0.39 is 0 Å². The molecular formula is C17H30N2. The number of nitrogens with zero attached hydrogens (tertiary/aromatic N) is 1. The molecule has 0 saturated heterocycles. The molecule has 1 atom stereocenters. The van der Waals surface area contributed by atoms with Crippen molar-refractivity contribution in [1.82, 2.24) is 4.90 Å². The third-order valence-electron chi connectivity index (χ3n) is 3.39. The van der Waals surface area contributed by atoms with Crippen LogP contribution in [-0.2, 0) is 5.41 Å². The molecule has 0 spiro atoms. The first-order valence-corrected chi connectivity index (χ1v) is 7.24. The summed E-state index contributed by atoms with van der Waals surface area (Å²) in [6.45, 7) is 13.2. The average molecular weight is 262 g/mol. The smallest absolute Gasteiger partial charge is 0.0424 e. The number of nitrogens with two attached hydrogens (primary N) is 1. The van der Waals surface area contributed by atoms with Gasteiger partial charge in [0, 0.05) is 19.1 Å². The summed E-state index contributed by atoms with van der Waals surface area (Å²) in [5, 5.41) is 0. The molecule has 19 heavy (non-hydrogen) atoms. The molecule has 0 saturated carbocycles. The Labute approximate surface area is 119 Å². The lowest BCUT2D eigenvalue weighted by Crippen LogP contribution is -2.31. The molecule has 1 aromatic rings. The van der Waals surface area contributed by atoms with Crippen molar-refractivity contribution in [1.29, 1.82) is 0 Å². The molecule has 2 heteroatoms. The summed E-state index contributed by atoms with van der Waals surface area (Å²) in [5.74, 6) is 0.681. The summed E-state index contributed by atoms with van der Waals surface area (Å²) >= 11 is 0. The molecule has 0 heterocycles. The monoisotopic (exact) mass is 262 g/mol. The van der Waals surface area contributed by atoms with Gasteiger partial charge >= 0.3 is 0 Å². The van der Waals surface area contributed by atoms with Crippen molar-refractivity contribution in [2.24, 2.45) is 11.7 Å². The summed E-state index contributed by atoms with van der Waals surface area (Å²) in [5.41, 5.74) is 9.08. The van der Waals surface area contributed by atoms with Crippen LogP contribution in [0.2, 0.25) is 0 Å². The van der Waals surface area contributed by atoms with Crippen LogP contribution in [-0.4, -0.2) is 25.0 Å². The lowest BCUT2D eigenvalue weighted by Gasteiger charge is -2.24. The summed E-state index contributed by atoms with van der Waals surface area (Å²) in [7, 11) is 2.14. The average Bonchev–Trinajstić information content (AvgIpc) is 2.26. The largest absolute Gasteiger partial charge is 0.323 e. The first-order valence-electron chi connectivity index (χ1n) is 7.24. The minimum absolute atomic E-state index is 0.0952. The van der Waals surface area contributed by atoms with Gasteiger partial charge in [0.05, 0.1) is 0 Å². The Balaban J connectivity index is 2.65. The van der Waals surface area contributed by atoms with Crippen LogP contribution >= 0.6 is 0 Å². The summed E-state index contributed by atoms with van der Waals surface area (Å²) in [4.78, 5) is 2.31. The van der Waals surface area contributed by atoms with Crippen LogP contribution in [0.3, 0.4) is 0 Å². The molecule has 2 nitrogen and oxygen atoms in total. The van der Waals surface area contributed by atoms with Gasteiger partial charge in [-0.15, -0.1) is 0 Å². The fourth-order valence-corrected chi connectivity index (χ4v) is 2.37. The van der Waals surface area contributed by atoms with E-state index in [0.29, 0.717) is 5.92 Å². The zero-order valence-corrected chi connectivity index (χ0v) is 13.4. The third-order valence-corrected chi connectivity index (χ3v) is 3.39. The van der Waals surface area contributed by atoms with Crippen LogP contribution in [0.15, 0.2) is 24.3 Å². The quantitative estimate of drug-likeness (QED) is 0.879. The second-order valence-corrected chi connectivity index (χ2v) is 7.09. The summed E-state index contributed by atoms with van der Waals surface area (Å²) in [6, 6.07) is 8.86. The Hall–Kier alpha value is -0.860. The molecular weight excluding hydrogens is 232 g/mol. The van der Waals surface area contributed by atoms with Gasteiger partial charge in [-0.3, -0.25) is 0 Å². The molecule has 1 aromatic carbocycles. The van der Waals surface area contributed by atoms with E-state index in [1.807, 2.05) is 0 Å². The first kappa shape index (κ1) is 16.2. The van der Waals surface area contributed by atoms with Crippen molar-refractivity contribution in [3.05, 3.63) is 35.4 Å². The Morgan fingerprint density at radius 1 is 1.05 bits per heavy atom. The zero-order chi connectivity index (χ0) is 14.6. The second kappa shape index (κ2) is 6.53. The number of hydrogen-bond donors (Lipinski definition) is 1. The second-order valence-electron chi connectivity index (χ2n) is 7.09. The fraction of sp³-hybridized carbons (Fsp3) is 0.647. The van der Waals surface area contributed by atoms with E-state index in [2.05, 4.69) is 70.8 Å². The minimum atomic E-state index is 0.0952. The normalized spacial score (nSPS) is 14.2. The minimum Gasteiger partial charge on any atom is -0.323 e. The van der Waals surface area contributed by atoms with E-state index >= 15 is 0 Å². The van der Waals surface area contributed by atoms with Gasteiger partial charge in [0.2, 0.25) is 0 Å². The number of rotatable bonds is 5. The maximum atomic E-state index is 6.29. The van der Waals surface area contributed by atoms with E-state index in [9.17, 15) is 0 Å². The molecule has 108 valence electrons. The maximum absolute atomic E-state index is 6.29. The molecule has 0 radical (unpaired) electrons. The van der Waals surface area contributed by atoms with Crippen molar-refractivity contribution in [2.75, 3.05) is 20.1 Å². The van der Waals surface area contributed by atoms with Crippen molar-refractivity contribution in [2.45, 2.75) is 46.1 Å². The van der Waals surface area contributed by atoms with Gasteiger partial charge in [-0.1, -0.05) is 58.9 Å². The highest BCUT2D eigenvalue weighted by molar-refractivity contribution is 5.29. The van der Waals surface area contributed by atoms with E-state index in [0.717, 1.165) is 13.1 Å². The molecule has 0 amide bonds. The van der Waals surface area contributed by atoms with Crippen LogP contribution in [0.5, 0.6) is 0 Å². The number of likely N-dealkylation sites (N-methyl/N-ethyl adjacent to an activating group) is 1. The summed E-state index contributed by atoms with van der Waals surface area (Å²) in [6.07, 6.45) is 0. The predicted octanol–water partition coefficient (Wildman–Crippen LogP) is 3.57. The van der Waals surface area contributed by atoms with E-state index in [4.69, 9.17) is 5.73 Å². The van der Waals surface area contributed by atoms with E-state index in [-0.39, 0.29) is 11.5 Å². The van der Waals surface area contributed by atoms with Gasteiger partial charge in [0.15, 0.2) is 0 Å². The van der Waals surface area contributed by atoms with Crippen LogP contribution in [0.4, 0.5) is 0 Å². The lowest BCUT2D eigenvalue weighted by molar-refractivity contribution is 0.279. The Kier molecular flexibility index (Phi) is 5.57. The van der Waals surface area contributed by atoms with Gasteiger partial charge in [-0.05, 0) is 29.5 Å². The highest BCUT2D eigenvalue weighted by Crippen LogP contribution is 2.23. The van der Waals surface area contributed by atoms with Crippen molar-refractivity contribution in [3.63, 3.8) is 0 Å². The van der Waals surface area contributed by atoms with Crippen LogP contribution in [0, 0.1) is 5.92 Å². The zero-order valence-electron chi connectivity index (χ0n) is 13.4. The fourth-order valence-electron chi connectivity index (χ4n) is 2.37. The SMILES string of the molecule is CC(C)CN(C)CC(N)c1ccc(C(C)(C)C)cc1. The Morgan fingerprint density at radius 3 is 2.00 bits per heavy atom. The predicted molar refractivity (Wildman–Crippen MR) is 84.4 cm³/mol. The van der Waals surface area contributed by atoms with Gasteiger partial charge in [0.25, 0.3) is 0 Å². The topological polar surface area (TPSA) is 29.3 Å². The molecule has 0 aromatic heterocycles. The third kappa shape index (κ3) is 5.33.